The standard InChI is InChI=1S/C18H21N3O4/c1-10-15(18(23)24)17(19)16-13(20-10)4-3-5-14(16)25-12-6-8-21(9-7-12)11(2)22/h3-5,12H,6-9H2,1-2H3,(H2,19,20)(H,23,24). The van der Waals surface area contributed by atoms with Crippen molar-refractivity contribution < 1.29 is 19.4 Å². The van der Waals surface area contributed by atoms with Gasteiger partial charge in [-0.1, -0.05) is 6.07 Å². The predicted octanol–water partition coefficient (Wildman–Crippen LogP) is 2.21. The molecule has 0 radical (unpaired) electrons. The van der Waals surface area contributed by atoms with E-state index < -0.39 is 5.97 Å². The van der Waals surface area contributed by atoms with Gasteiger partial charge in [0.25, 0.3) is 0 Å². The second-order valence-electron chi connectivity index (χ2n) is 6.26. The molecule has 1 saturated heterocycles. The summed E-state index contributed by atoms with van der Waals surface area (Å²) in [6, 6.07) is 5.38. The summed E-state index contributed by atoms with van der Waals surface area (Å²) >= 11 is 0. The van der Waals surface area contributed by atoms with E-state index in [0.29, 0.717) is 35.4 Å². The molecule has 2 aromatic rings. The van der Waals surface area contributed by atoms with Crippen LogP contribution in [-0.4, -0.2) is 46.1 Å². The molecular formula is C18H21N3O4. The number of carbonyl (C=O) groups excluding carboxylic acids is 1. The number of nitrogen functional groups attached to an aromatic ring is 1. The maximum Gasteiger partial charge on any atom is 0.339 e. The molecule has 25 heavy (non-hydrogen) atoms. The van der Waals surface area contributed by atoms with Crippen molar-refractivity contribution in [2.45, 2.75) is 32.8 Å². The van der Waals surface area contributed by atoms with E-state index in [9.17, 15) is 14.7 Å². The highest BCUT2D eigenvalue weighted by atomic mass is 16.5. The van der Waals surface area contributed by atoms with Crippen molar-refractivity contribution in [1.82, 2.24) is 9.88 Å². The third-order valence-corrected chi connectivity index (χ3v) is 4.59. The van der Waals surface area contributed by atoms with E-state index in [1.54, 1.807) is 30.9 Å². The lowest BCUT2D eigenvalue weighted by molar-refractivity contribution is -0.130. The van der Waals surface area contributed by atoms with E-state index in [-0.39, 0.29) is 23.3 Å². The fraction of sp³-hybridized carbons (Fsp3) is 0.389. The maximum absolute atomic E-state index is 11.5. The van der Waals surface area contributed by atoms with E-state index in [0.717, 1.165) is 12.8 Å². The Kier molecular flexibility index (Phi) is 4.48. The molecule has 7 nitrogen and oxygen atoms in total. The van der Waals surface area contributed by atoms with E-state index >= 15 is 0 Å². The fourth-order valence-corrected chi connectivity index (χ4v) is 3.28. The number of pyridine rings is 1. The van der Waals surface area contributed by atoms with Gasteiger partial charge >= 0.3 is 5.97 Å². The molecule has 0 aliphatic carbocycles. The van der Waals surface area contributed by atoms with E-state index in [2.05, 4.69) is 4.98 Å². The van der Waals surface area contributed by atoms with Gasteiger partial charge in [-0.25, -0.2) is 4.79 Å². The molecule has 0 bridgehead atoms. The Hall–Kier alpha value is -2.83. The second-order valence-corrected chi connectivity index (χ2v) is 6.26. The second kappa shape index (κ2) is 6.58. The van der Waals surface area contributed by atoms with E-state index in [1.165, 1.54) is 0 Å². The monoisotopic (exact) mass is 343 g/mol. The first-order chi connectivity index (χ1) is 11.9. The summed E-state index contributed by atoms with van der Waals surface area (Å²) in [5.74, 6) is -0.501. The van der Waals surface area contributed by atoms with Crippen LogP contribution >= 0.6 is 0 Å². The average Bonchev–Trinajstić information content (AvgIpc) is 2.54. The maximum atomic E-state index is 11.5. The zero-order chi connectivity index (χ0) is 18.1. The van der Waals surface area contributed by atoms with E-state index in [4.69, 9.17) is 10.5 Å². The zero-order valence-electron chi connectivity index (χ0n) is 14.3. The van der Waals surface area contributed by atoms with Crippen molar-refractivity contribution in [2.24, 2.45) is 0 Å². The van der Waals surface area contributed by atoms with Crippen molar-refractivity contribution >= 4 is 28.5 Å². The van der Waals surface area contributed by atoms with Crippen molar-refractivity contribution in [3.63, 3.8) is 0 Å². The molecule has 0 atom stereocenters. The number of likely N-dealkylation sites (tertiary alicyclic amines) is 1. The molecular weight excluding hydrogens is 322 g/mol. The summed E-state index contributed by atoms with van der Waals surface area (Å²) in [5, 5.41) is 9.93. The normalized spacial score (nSPS) is 15.4. The Balaban J connectivity index is 1.93. The lowest BCUT2D eigenvalue weighted by Crippen LogP contribution is -2.40. The molecule has 3 N–H and O–H groups in total. The average molecular weight is 343 g/mol. The fourth-order valence-electron chi connectivity index (χ4n) is 3.28. The minimum absolute atomic E-state index is 0.00921. The number of benzene rings is 1. The number of anilines is 1. The third-order valence-electron chi connectivity index (χ3n) is 4.59. The van der Waals surface area contributed by atoms with Gasteiger partial charge in [-0.2, -0.15) is 0 Å². The number of carbonyl (C=O) groups is 2. The molecule has 0 unspecified atom stereocenters. The Morgan fingerprint density at radius 2 is 2.00 bits per heavy atom. The highest BCUT2D eigenvalue weighted by Gasteiger charge is 2.24. The number of aromatic nitrogens is 1. The van der Waals surface area contributed by atoms with Gasteiger partial charge in [0, 0.05) is 32.9 Å². The minimum Gasteiger partial charge on any atom is -0.490 e. The van der Waals surface area contributed by atoms with Crippen LogP contribution in [0.2, 0.25) is 0 Å². The number of hydrogen-bond acceptors (Lipinski definition) is 5. The van der Waals surface area contributed by atoms with Gasteiger partial charge < -0.3 is 20.5 Å². The molecule has 3 rings (SSSR count). The van der Waals surface area contributed by atoms with Gasteiger partial charge in [0.2, 0.25) is 5.91 Å². The van der Waals surface area contributed by atoms with E-state index in [1.807, 2.05) is 6.07 Å². The zero-order valence-corrected chi connectivity index (χ0v) is 14.3. The predicted molar refractivity (Wildman–Crippen MR) is 93.8 cm³/mol. The number of aryl methyl sites for hydroxylation is 1. The molecule has 1 aliphatic heterocycles. The minimum atomic E-state index is -1.10. The van der Waals surface area contributed by atoms with Gasteiger partial charge in [0.1, 0.15) is 17.4 Å². The summed E-state index contributed by atoms with van der Waals surface area (Å²) in [6.07, 6.45) is 1.40. The summed E-state index contributed by atoms with van der Waals surface area (Å²) in [5.41, 5.74) is 7.31. The Morgan fingerprint density at radius 1 is 1.32 bits per heavy atom. The summed E-state index contributed by atoms with van der Waals surface area (Å²) < 4.78 is 6.10. The van der Waals surface area contributed by atoms with Crippen LogP contribution in [0.1, 0.15) is 35.8 Å². The molecule has 1 aliphatic rings. The molecule has 2 heterocycles. The number of aromatic carboxylic acids is 1. The van der Waals surface area contributed by atoms with Crippen LogP contribution in [0, 0.1) is 6.92 Å². The first-order valence-electron chi connectivity index (χ1n) is 8.22. The van der Waals surface area contributed by atoms with Gasteiger partial charge in [0.15, 0.2) is 0 Å². The number of amides is 1. The molecule has 0 spiro atoms. The van der Waals surface area contributed by atoms with Crippen LogP contribution < -0.4 is 10.5 Å². The van der Waals surface area contributed by atoms with Gasteiger partial charge in [-0.15, -0.1) is 0 Å². The van der Waals surface area contributed by atoms with Crippen molar-refractivity contribution in [2.75, 3.05) is 18.8 Å². The van der Waals surface area contributed by atoms with Gasteiger partial charge in [-0.05, 0) is 19.1 Å². The highest BCUT2D eigenvalue weighted by molar-refractivity contribution is 6.06. The topological polar surface area (TPSA) is 106 Å². The van der Waals surface area contributed by atoms with Crippen LogP contribution in [0.5, 0.6) is 5.75 Å². The van der Waals surface area contributed by atoms with Crippen LogP contribution in [0.15, 0.2) is 18.2 Å². The number of ether oxygens (including phenoxy) is 1. The number of piperidine rings is 1. The van der Waals surface area contributed by atoms with Crippen LogP contribution in [-0.2, 0) is 4.79 Å². The summed E-state index contributed by atoms with van der Waals surface area (Å²) in [7, 11) is 0. The lowest BCUT2D eigenvalue weighted by atomic mass is 10.0. The molecule has 1 aromatic carbocycles. The Morgan fingerprint density at radius 3 is 2.60 bits per heavy atom. The number of nitrogens with two attached hydrogens (primary N) is 1. The SMILES string of the molecule is CC(=O)N1CCC(Oc2cccc3nc(C)c(C(=O)O)c(N)c23)CC1. The van der Waals surface area contributed by atoms with Crippen molar-refractivity contribution in [3.05, 3.63) is 29.5 Å². The first kappa shape index (κ1) is 17.0. The first-order valence-corrected chi connectivity index (χ1v) is 8.22. The molecule has 1 fully saturated rings. The van der Waals surface area contributed by atoms with Gasteiger partial charge in [0.05, 0.1) is 22.3 Å². The highest BCUT2D eigenvalue weighted by Crippen LogP contribution is 2.34. The van der Waals surface area contributed by atoms with Gasteiger partial charge in [-0.3, -0.25) is 9.78 Å². The van der Waals surface area contributed by atoms with Crippen LogP contribution in [0.4, 0.5) is 5.69 Å². The van der Waals surface area contributed by atoms with Crippen molar-refractivity contribution in [1.29, 1.82) is 0 Å². The quantitative estimate of drug-likeness (QED) is 0.885. The molecule has 132 valence electrons. The Labute approximate surface area is 145 Å². The molecule has 1 amide bonds. The largest absolute Gasteiger partial charge is 0.490 e. The number of rotatable bonds is 3. The lowest BCUT2D eigenvalue weighted by Gasteiger charge is -2.31. The molecule has 7 heteroatoms. The summed E-state index contributed by atoms with van der Waals surface area (Å²) in [6.45, 7) is 4.49. The number of carboxylic acids is 1. The summed E-state index contributed by atoms with van der Waals surface area (Å²) in [4.78, 5) is 29.1. The number of carboxylic acid groups (broad SMARTS) is 1. The molecule has 1 aromatic heterocycles. The number of nitrogens with zero attached hydrogens (tertiary/aromatic N) is 2. The van der Waals surface area contributed by atoms with Crippen LogP contribution in [0.25, 0.3) is 10.9 Å². The Bertz CT molecular complexity index is 842. The smallest absolute Gasteiger partial charge is 0.339 e. The van der Waals surface area contributed by atoms with Crippen LogP contribution in [0.3, 0.4) is 0 Å². The number of hydrogen-bond donors (Lipinski definition) is 2. The number of fused-ring (bicyclic) bond motifs is 1. The van der Waals surface area contributed by atoms with Crippen molar-refractivity contribution in [3.8, 4) is 5.75 Å². The molecule has 0 saturated carbocycles. The third kappa shape index (κ3) is 3.22.